The Bertz CT molecular complexity index is 640. The summed E-state index contributed by atoms with van der Waals surface area (Å²) in [5.74, 6) is 1.52. The standard InChI is InChI=1S/C16H16Cl2N2O2/c1-21-15-4-2-3-5-16(15)22-11-8-20(9-11)10-12-13(17)6-19-7-14(12)18/h2-7,11H,8-10H2,1H3. The van der Waals surface area contributed by atoms with Crippen molar-refractivity contribution in [1.82, 2.24) is 9.88 Å². The minimum Gasteiger partial charge on any atom is -0.493 e. The molecule has 0 atom stereocenters. The fourth-order valence-electron chi connectivity index (χ4n) is 2.43. The molecule has 2 heterocycles. The van der Waals surface area contributed by atoms with Gasteiger partial charge in [0.25, 0.3) is 0 Å². The van der Waals surface area contributed by atoms with Crippen LogP contribution in [0.3, 0.4) is 0 Å². The molecule has 116 valence electrons. The molecule has 0 amide bonds. The Hall–Kier alpha value is -1.49. The molecule has 0 unspecified atom stereocenters. The molecule has 1 saturated heterocycles. The van der Waals surface area contributed by atoms with Crippen molar-refractivity contribution >= 4 is 23.2 Å². The number of ether oxygens (including phenoxy) is 2. The summed E-state index contributed by atoms with van der Waals surface area (Å²) in [7, 11) is 1.64. The minimum absolute atomic E-state index is 0.149. The van der Waals surface area contributed by atoms with Crippen molar-refractivity contribution < 1.29 is 9.47 Å². The van der Waals surface area contributed by atoms with Crippen molar-refractivity contribution in [3.8, 4) is 11.5 Å². The van der Waals surface area contributed by atoms with Crippen LogP contribution in [-0.4, -0.2) is 36.2 Å². The molecule has 1 fully saturated rings. The van der Waals surface area contributed by atoms with Crippen LogP contribution in [-0.2, 0) is 6.54 Å². The number of benzene rings is 1. The number of rotatable bonds is 5. The molecular formula is C16H16Cl2N2O2. The third-order valence-corrected chi connectivity index (χ3v) is 4.27. The summed E-state index contributed by atoms with van der Waals surface area (Å²) in [5, 5.41) is 1.20. The molecule has 0 radical (unpaired) electrons. The van der Waals surface area contributed by atoms with E-state index in [1.165, 1.54) is 0 Å². The summed E-state index contributed by atoms with van der Waals surface area (Å²) in [6, 6.07) is 7.66. The SMILES string of the molecule is COc1ccccc1OC1CN(Cc2c(Cl)cncc2Cl)C1. The number of aromatic nitrogens is 1. The smallest absolute Gasteiger partial charge is 0.161 e. The van der Waals surface area contributed by atoms with E-state index in [1.807, 2.05) is 24.3 Å². The molecule has 4 nitrogen and oxygen atoms in total. The average molecular weight is 339 g/mol. The number of hydrogen-bond acceptors (Lipinski definition) is 4. The van der Waals surface area contributed by atoms with Gasteiger partial charge in [-0.05, 0) is 12.1 Å². The molecule has 1 aliphatic heterocycles. The van der Waals surface area contributed by atoms with E-state index in [1.54, 1.807) is 19.5 Å². The van der Waals surface area contributed by atoms with Crippen LogP contribution in [0.2, 0.25) is 10.0 Å². The predicted octanol–water partition coefficient (Wildman–Crippen LogP) is 3.66. The van der Waals surface area contributed by atoms with Gasteiger partial charge >= 0.3 is 0 Å². The number of methoxy groups -OCH3 is 1. The summed E-state index contributed by atoms with van der Waals surface area (Å²) in [6.07, 6.45) is 3.38. The quantitative estimate of drug-likeness (QED) is 0.833. The van der Waals surface area contributed by atoms with Crippen LogP contribution in [0.25, 0.3) is 0 Å². The zero-order valence-corrected chi connectivity index (χ0v) is 13.6. The average Bonchev–Trinajstić information content (AvgIpc) is 2.48. The fourth-order valence-corrected chi connectivity index (χ4v) is 2.92. The van der Waals surface area contributed by atoms with Gasteiger partial charge in [0.15, 0.2) is 11.5 Å². The van der Waals surface area contributed by atoms with Crippen LogP contribution in [0, 0.1) is 0 Å². The van der Waals surface area contributed by atoms with Crippen LogP contribution < -0.4 is 9.47 Å². The van der Waals surface area contributed by atoms with E-state index in [0.29, 0.717) is 16.6 Å². The third kappa shape index (κ3) is 3.29. The minimum atomic E-state index is 0.149. The third-order valence-electron chi connectivity index (χ3n) is 3.62. The van der Waals surface area contributed by atoms with Gasteiger partial charge in [-0.2, -0.15) is 0 Å². The normalized spacial score (nSPS) is 15.4. The molecule has 0 spiro atoms. The fraction of sp³-hybridized carbons (Fsp3) is 0.312. The Morgan fingerprint density at radius 2 is 1.77 bits per heavy atom. The first kappa shape index (κ1) is 15.4. The Morgan fingerprint density at radius 1 is 1.14 bits per heavy atom. The van der Waals surface area contributed by atoms with E-state index in [-0.39, 0.29) is 6.10 Å². The highest BCUT2D eigenvalue weighted by molar-refractivity contribution is 6.35. The van der Waals surface area contributed by atoms with Crippen LogP contribution in [0.5, 0.6) is 11.5 Å². The molecule has 1 aliphatic rings. The maximum Gasteiger partial charge on any atom is 0.161 e. The second-order valence-corrected chi connectivity index (χ2v) is 5.98. The number of nitrogens with zero attached hydrogens (tertiary/aromatic N) is 2. The van der Waals surface area contributed by atoms with E-state index in [4.69, 9.17) is 32.7 Å². The Kier molecular flexibility index (Phi) is 4.71. The number of para-hydroxylation sites is 2. The van der Waals surface area contributed by atoms with Crippen molar-refractivity contribution in [2.75, 3.05) is 20.2 Å². The molecule has 0 N–H and O–H groups in total. The van der Waals surface area contributed by atoms with Crippen molar-refractivity contribution in [3.05, 3.63) is 52.3 Å². The number of pyridine rings is 1. The van der Waals surface area contributed by atoms with Gasteiger partial charge < -0.3 is 9.47 Å². The molecule has 0 bridgehead atoms. The summed E-state index contributed by atoms with van der Waals surface area (Å²) < 4.78 is 11.2. The lowest BCUT2D eigenvalue weighted by Crippen LogP contribution is -2.53. The van der Waals surface area contributed by atoms with Gasteiger partial charge in [0.05, 0.1) is 17.2 Å². The lowest BCUT2D eigenvalue weighted by molar-refractivity contribution is 0.0131. The first-order valence-corrected chi connectivity index (χ1v) is 7.73. The van der Waals surface area contributed by atoms with Gasteiger partial charge in [0.2, 0.25) is 0 Å². The highest BCUT2D eigenvalue weighted by Crippen LogP contribution is 2.30. The number of likely N-dealkylation sites (tertiary alicyclic amines) is 1. The van der Waals surface area contributed by atoms with Crippen LogP contribution >= 0.6 is 23.2 Å². The van der Waals surface area contributed by atoms with Gasteiger partial charge in [0, 0.05) is 37.6 Å². The maximum absolute atomic E-state index is 6.14. The van der Waals surface area contributed by atoms with Gasteiger partial charge in [-0.15, -0.1) is 0 Å². The second kappa shape index (κ2) is 6.73. The lowest BCUT2D eigenvalue weighted by atomic mass is 10.1. The molecule has 0 saturated carbocycles. The Labute approximate surface area is 139 Å². The molecule has 1 aromatic heterocycles. The number of halogens is 2. The second-order valence-electron chi connectivity index (χ2n) is 5.17. The zero-order valence-electron chi connectivity index (χ0n) is 12.1. The largest absolute Gasteiger partial charge is 0.493 e. The summed E-state index contributed by atoms with van der Waals surface area (Å²) in [4.78, 5) is 6.19. The van der Waals surface area contributed by atoms with Crippen molar-refractivity contribution in [2.24, 2.45) is 0 Å². The van der Waals surface area contributed by atoms with E-state index < -0.39 is 0 Å². The van der Waals surface area contributed by atoms with Crippen molar-refractivity contribution in [1.29, 1.82) is 0 Å². The Balaban J connectivity index is 1.56. The van der Waals surface area contributed by atoms with Crippen molar-refractivity contribution in [3.63, 3.8) is 0 Å². The molecule has 3 rings (SSSR count). The molecule has 0 aliphatic carbocycles. The van der Waals surface area contributed by atoms with Gasteiger partial charge in [0.1, 0.15) is 6.10 Å². The lowest BCUT2D eigenvalue weighted by Gasteiger charge is -2.39. The van der Waals surface area contributed by atoms with Gasteiger partial charge in [-0.25, -0.2) is 0 Å². The molecule has 1 aromatic carbocycles. The highest BCUT2D eigenvalue weighted by Gasteiger charge is 2.30. The highest BCUT2D eigenvalue weighted by atomic mass is 35.5. The molecule has 6 heteroatoms. The van der Waals surface area contributed by atoms with Crippen molar-refractivity contribution in [2.45, 2.75) is 12.6 Å². The Morgan fingerprint density at radius 3 is 2.41 bits per heavy atom. The van der Waals surface area contributed by atoms with Gasteiger partial charge in [-0.1, -0.05) is 35.3 Å². The van der Waals surface area contributed by atoms with Crippen LogP contribution in [0.4, 0.5) is 0 Å². The van der Waals surface area contributed by atoms with E-state index in [9.17, 15) is 0 Å². The molecule has 22 heavy (non-hydrogen) atoms. The molecule has 2 aromatic rings. The molecular weight excluding hydrogens is 323 g/mol. The first-order valence-electron chi connectivity index (χ1n) is 6.97. The zero-order chi connectivity index (χ0) is 15.5. The van der Waals surface area contributed by atoms with E-state index >= 15 is 0 Å². The summed E-state index contributed by atoms with van der Waals surface area (Å²) >= 11 is 12.3. The van der Waals surface area contributed by atoms with E-state index in [0.717, 1.165) is 30.2 Å². The number of hydrogen-bond donors (Lipinski definition) is 0. The van der Waals surface area contributed by atoms with E-state index in [2.05, 4.69) is 9.88 Å². The predicted molar refractivity (Wildman–Crippen MR) is 86.9 cm³/mol. The van der Waals surface area contributed by atoms with Crippen LogP contribution in [0.1, 0.15) is 5.56 Å². The van der Waals surface area contributed by atoms with Gasteiger partial charge in [-0.3, -0.25) is 9.88 Å². The van der Waals surface area contributed by atoms with Crippen LogP contribution in [0.15, 0.2) is 36.7 Å². The first-order chi connectivity index (χ1) is 10.7. The summed E-state index contributed by atoms with van der Waals surface area (Å²) in [5.41, 5.74) is 0.911. The summed E-state index contributed by atoms with van der Waals surface area (Å²) in [6.45, 7) is 2.35. The maximum atomic E-state index is 6.14. The topological polar surface area (TPSA) is 34.6 Å². The monoisotopic (exact) mass is 338 g/mol.